The number of aryl methyl sites for hydroxylation is 2. The third kappa shape index (κ3) is 4.44. The van der Waals surface area contributed by atoms with Gasteiger partial charge in [-0.2, -0.15) is 0 Å². The van der Waals surface area contributed by atoms with Gasteiger partial charge in [-0.1, -0.05) is 36.3 Å². The summed E-state index contributed by atoms with van der Waals surface area (Å²) in [6.07, 6.45) is 3.49. The summed E-state index contributed by atoms with van der Waals surface area (Å²) in [6.45, 7) is 6.64. The number of amides is 2. The van der Waals surface area contributed by atoms with Gasteiger partial charge < -0.3 is 19.2 Å². The van der Waals surface area contributed by atoms with Gasteiger partial charge in [0.2, 0.25) is 11.8 Å². The SMILES string of the molecule is CC[C@@H](C(=O)N1CCC[C@H]1C(=O)NCc1ccc(-c2ocnc2C)cc1)c1cc(C)no1. The zero-order valence-corrected chi connectivity index (χ0v) is 18.6. The molecule has 3 aromatic rings. The van der Waals surface area contributed by atoms with Gasteiger partial charge in [0.05, 0.1) is 17.3 Å². The minimum Gasteiger partial charge on any atom is -0.443 e. The number of hydrogen-bond donors (Lipinski definition) is 1. The zero-order valence-electron chi connectivity index (χ0n) is 18.6. The minimum absolute atomic E-state index is 0.0759. The Balaban J connectivity index is 1.38. The van der Waals surface area contributed by atoms with Gasteiger partial charge in [-0.05, 0) is 38.7 Å². The van der Waals surface area contributed by atoms with Crippen molar-refractivity contribution in [2.24, 2.45) is 0 Å². The van der Waals surface area contributed by atoms with Crippen molar-refractivity contribution in [1.82, 2.24) is 20.4 Å². The topological polar surface area (TPSA) is 101 Å². The van der Waals surface area contributed by atoms with Crippen molar-refractivity contribution < 1.29 is 18.5 Å². The molecule has 8 heteroatoms. The predicted octanol–water partition coefficient (Wildman–Crippen LogP) is 3.75. The summed E-state index contributed by atoms with van der Waals surface area (Å²) >= 11 is 0. The van der Waals surface area contributed by atoms with Gasteiger partial charge in [-0.25, -0.2) is 4.98 Å². The van der Waals surface area contributed by atoms with Crippen LogP contribution in [-0.4, -0.2) is 39.4 Å². The molecular formula is C24H28N4O4. The number of hydrogen-bond acceptors (Lipinski definition) is 6. The molecule has 0 aliphatic carbocycles. The number of rotatable bonds is 7. The first-order chi connectivity index (χ1) is 15.5. The van der Waals surface area contributed by atoms with Gasteiger partial charge in [0, 0.05) is 24.7 Å². The Morgan fingerprint density at radius 1 is 1.25 bits per heavy atom. The van der Waals surface area contributed by atoms with Crippen LogP contribution in [0.3, 0.4) is 0 Å². The van der Waals surface area contributed by atoms with Crippen LogP contribution in [-0.2, 0) is 16.1 Å². The molecule has 1 aliphatic heterocycles. The van der Waals surface area contributed by atoms with Crippen molar-refractivity contribution >= 4 is 11.8 Å². The smallest absolute Gasteiger partial charge is 0.243 e. The van der Waals surface area contributed by atoms with Crippen LogP contribution in [0.1, 0.15) is 54.8 Å². The highest BCUT2D eigenvalue weighted by molar-refractivity contribution is 5.90. The highest BCUT2D eigenvalue weighted by Crippen LogP contribution is 2.28. The van der Waals surface area contributed by atoms with Crippen LogP contribution in [0.2, 0.25) is 0 Å². The van der Waals surface area contributed by atoms with E-state index in [-0.39, 0.29) is 11.8 Å². The summed E-state index contributed by atoms with van der Waals surface area (Å²) < 4.78 is 10.8. The summed E-state index contributed by atoms with van der Waals surface area (Å²) in [5, 5.41) is 6.89. The molecule has 0 radical (unpaired) electrons. The molecule has 0 spiro atoms. The largest absolute Gasteiger partial charge is 0.443 e. The van der Waals surface area contributed by atoms with Crippen molar-refractivity contribution in [3.05, 3.63) is 59.4 Å². The zero-order chi connectivity index (χ0) is 22.7. The lowest BCUT2D eigenvalue weighted by atomic mass is 10.0. The second kappa shape index (κ2) is 9.38. The molecule has 8 nitrogen and oxygen atoms in total. The number of carbonyl (C=O) groups excluding carboxylic acids is 2. The second-order valence-electron chi connectivity index (χ2n) is 8.20. The highest BCUT2D eigenvalue weighted by Gasteiger charge is 2.38. The first kappa shape index (κ1) is 21.8. The number of carbonyl (C=O) groups is 2. The molecule has 0 unspecified atom stereocenters. The first-order valence-corrected chi connectivity index (χ1v) is 11.0. The molecule has 1 aliphatic rings. The van der Waals surface area contributed by atoms with Gasteiger partial charge in [-0.3, -0.25) is 9.59 Å². The van der Waals surface area contributed by atoms with Crippen molar-refractivity contribution in [3.8, 4) is 11.3 Å². The summed E-state index contributed by atoms with van der Waals surface area (Å²) in [6, 6.07) is 9.14. The molecule has 2 amide bonds. The van der Waals surface area contributed by atoms with Crippen LogP contribution in [0.15, 0.2) is 45.7 Å². The van der Waals surface area contributed by atoms with Gasteiger partial charge in [-0.15, -0.1) is 0 Å². The van der Waals surface area contributed by atoms with Crippen LogP contribution < -0.4 is 5.32 Å². The highest BCUT2D eigenvalue weighted by atomic mass is 16.5. The lowest BCUT2D eigenvalue weighted by Gasteiger charge is -2.27. The third-order valence-electron chi connectivity index (χ3n) is 5.96. The summed E-state index contributed by atoms with van der Waals surface area (Å²) in [7, 11) is 0. The Morgan fingerprint density at radius 3 is 2.66 bits per heavy atom. The molecule has 2 atom stereocenters. The van der Waals surface area contributed by atoms with Gasteiger partial charge in [0.1, 0.15) is 11.8 Å². The van der Waals surface area contributed by atoms with Gasteiger partial charge in [0.15, 0.2) is 12.2 Å². The Hall–Kier alpha value is -3.42. The molecule has 168 valence electrons. The fourth-order valence-electron chi connectivity index (χ4n) is 4.21. The van der Waals surface area contributed by atoms with E-state index in [1.807, 2.05) is 45.0 Å². The Kier molecular flexibility index (Phi) is 6.39. The molecule has 2 aromatic heterocycles. The minimum atomic E-state index is -0.461. The molecule has 0 saturated carbocycles. The average molecular weight is 437 g/mol. The maximum Gasteiger partial charge on any atom is 0.243 e. The van der Waals surface area contributed by atoms with Crippen molar-refractivity contribution in [2.45, 2.75) is 58.5 Å². The molecule has 0 bridgehead atoms. The molecule has 1 aromatic carbocycles. The number of likely N-dealkylation sites (tertiary alicyclic amines) is 1. The molecular weight excluding hydrogens is 408 g/mol. The number of nitrogens with one attached hydrogen (secondary N) is 1. The third-order valence-corrected chi connectivity index (χ3v) is 5.96. The molecule has 1 saturated heterocycles. The van der Waals surface area contributed by atoms with E-state index < -0.39 is 12.0 Å². The van der Waals surface area contributed by atoms with E-state index in [4.69, 9.17) is 8.94 Å². The van der Waals surface area contributed by atoms with E-state index in [9.17, 15) is 9.59 Å². The fourth-order valence-corrected chi connectivity index (χ4v) is 4.21. The van der Waals surface area contributed by atoms with E-state index in [2.05, 4.69) is 15.5 Å². The van der Waals surface area contributed by atoms with E-state index >= 15 is 0 Å². The lowest BCUT2D eigenvalue weighted by Crippen LogP contribution is -2.47. The second-order valence-corrected chi connectivity index (χ2v) is 8.20. The van der Waals surface area contributed by atoms with Crippen LogP contribution >= 0.6 is 0 Å². The first-order valence-electron chi connectivity index (χ1n) is 11.0. The number of benzene rings is 1. The van der Waals surface area contributed by atoms with E-state index in [0.717, 1.165) is 34.7 Å². The van der Waals surface area contributed by atoms with Crippen molar-refractivity contribution in [2.75, 3.05) is 6.54 Å². The molecule has 3 heterocycles. The number of oxazole rings is 1. The predicted molar refractivity (Wildman–Crippen MR) is 118 cm³/mol. The molecule has 4 rings (SSSR count). The quantitative estimate of drug-likeness (QED) is 0.605. The summed E-state index contributed by atoms with van der Waals surface area (Å²) in [4.78, 5) is 31.9. The van der Waals surface area contributed by atoms with Crippen LogP contribution in [0.4, 0.5) is 0 Å². The maximum absolute atomic E-state index is 13.2. The molecule has 32 heavy (non-hydrogen) atoms. The Bertz CT molecular complexity index is 1090. The van der Waals surface area contributed by atoms with Crippen LogP contribution in [0, 0.1) is 13.8 Å². The standard InChI is InChI=1S/C24H28N4O4/c1-4-19(21-12-15(2)27-32-21)24(30)28-11-5-6-20(28)23(29)25-13-17-7-9-18(10-8-17)22-16(3)26-14-31-22/h7-10,12,14,19-20H,4-6,11,13H2,1-3H3,(H,25,29)/t19-,20+/m1/s1. The Morgan fingerprint density at radius 2 is 2.03 bits per heavy atom. The lowest BCUT2D eigenvalue weighted by molar-refractivity contribution is -0.140. The van der Waals surface area contributed by atoms with Crippen LogP contribution in [0.5, 0.6) is 0 Å². The van der Waals surface area contributed by atoms with E-state index in [0.29, 0.717) is 31.7 Å². The van der Waals surface area contributed by atoms with Crippen molar-refractivity contribution in [1.29, 1.82) is 0 Å². The van der Waals surface area contributed by atoms with Gasteiger partial charge in [0.25, 0.3) is 0 Å². The monoisotopic (exact) mass is 436 g/mol. The fraction of sp³-hybridized carbons (Fsp3) is 0.417. The molecule has 1 N–H and O–H groups in total. The van der Waals surface area contributed by atoms with Crippen LogP contribution in [0.25, 0.3) is 11.3 Å². The van der Waals surface area contributed by atoms with Gasteiger partial charge >= 0.3 is 0 Å². The van der Waals surface area contributed by atoms with E-state index in [1.165, 1.54) is 6.39 Å². The Labute approximate surface area is 187 Å². The average Bonchev–Trinajstić information content (AvgIpc) is 3.54. The summed E-state index contributed by atoms with van der Waals surface area (Å²) in [5.41, 5.74) is 3.49. The molecule has 1 fully saturated rings. The summed E-state index contributed by atoms with van der Waals surface area (Å²) in [5.74, 6) is 0.677. The number of nitrogens with zero attached hydrogens (tertiary/aromatic N) is 3. The van der Waals surface area contributed by atoms with Crippen molar-refractivity contribution in [3.63, 3.8) is 0 Å². The number of aromatic nitrogens is 2. The normalized spacial score (nSPS) is 16.8. The maximum atomic E-state index is 13.2. The van der Waals surface area contributed by atoms with E-state index in [1.54, 1.807) is 11.0 Å².